The van der Waals surface area contributed by atoms with Crippen molar-refractivity contribution in [3.63, 3.8) is 0 Å². The highest BCUT2D eigenvalue weighted by atomic mass is 32.2. The number of fused-ring (bicyclic) bond motifs is 3. The van der Waals surface area contributed by atoms with Crippen molar-refractivity contribution in [1.29, 1.82) is 5.26 Å². The Labute approximate surface area is 272 Å². The van der Waals surface area contributed by atoms with Crippen LogP contribution in [0, 0.1) is 35.4 Å². The Morgan fingerprint density at radius 2 is 1.87 bits per heavy atom. The molecule has 6 nitrogen and oxygen atoms in total. The number of nitriles is 1. The molecular formula is C37H33FN2O4S2. The van der Waals surface area contributed by atoms with Gasteiger partial charge in [0.15, 0.2) is 0 Å². The summed E-state index contributed by atoms with van der Waals surface area (Å²) in [6, 6.07) is 22.8. The summed E-state index contributed by atoms with van der Waals surface area (Å²) < 4.78 is 50.7. The predicted molar refractivity (Wildman–Crippen MR) is 178 cm³/mol. The van der Waals surface area contributed by atoms with Crippen LogP contribution < -0.4 is 0 Å². The molecule has 0 spiro atoms. The highest BCUT2D eigenvalue weighted by Gasteiger charge is 2.49. The predicted octanol–water partition coefficient (Wildman–Crippen LogP) is 8.82. The number of rotatable bonds is 6. The number of nitrogens with zero attached hydrogens (tertiary/aromatic N) is 2. The SMILES string of the molecule is COC(=O)C12CCCC(C1)C(c1cccc(-c3c(-c4ccsc4C#N)c4cc(F)ccc4n3S(=O)(=O)c3ccc(C)cc3)c1)CC2. The van der Waals surface area contributed by atoms with E-state index in [4.69, 9.17) is 4.74 Å². The van der Waals surface area contributed by atoms with Gasteiger partial charge in [-0.2, -0.15) is 5.26 Å². The Morgan fingerprint density at radius 3 is 2.63 bits per heavy atom. The van der Waals surface area contributed by atoms with Crippen molar-refractivity contribution in [1.82, 2.24) is 3.97 Å². The second-order valence-electron chi connectivity index (χ2n) is 12.6. The second-order valence-corrected chi connectivity index (χ2v) is 15.3. The van der Waals surface area contributed by atoms with Crippen molar-refractivity contribution in [2.75, 3.05) is 7.11 Å². The van der Waals surface area contributed by atoms with E-state index in [0.29, 0.717) is 44.1 Å². The first-order chi connectivity index (χ1) is 22.2. The molecule has 0 N–H and O–H groups in total. The van der Waals surface area contributed by atoms with Crippen LogP contribution in [0.5, 0.6) is 0 Å². The number of carbonyl (C=O) groups is 1. The van der Waals surface area contributed by atoms with Crippen LogP contribution in [0.1, 0.15) is 60.4 Å². The molecule has 46 heavy (non-hydrogen) atoms. The third-order valence-electron chi connectivity index (χ3n) is 10.1. The highest BCUT2D eigenvalue weighted by molar-refractivity contribution is 7.90. The van der Waals surface area contributed by atoms with E-state index in [-0.39, 0.29) is 16.8 Å². The average molecular weight is 653 g/mol. The highest BCUT2D eigenvalue weighted by Crippen LogP contribution is 2.55. The lowest BCUT2D eigenvalue weighted by Crippen LogP contribution is -2.42. The van der Waals surface area contributed by atoms with Crippen LogP contribution in [0.2, 0.25) is 0 Å². The van der Waals surface area contributed by atoms with Crippen molar-refractivity contribution in [3.8, 4) is 28.5 Å². The molecule has 2 saturated carbocycles. The number of aryl methyl sites for hydroxylation is 1. The summed E-state index contributed by atoms with van der Waals surface area (Å²) in [5.74, 6) is -0.117. The average Bonchev–Trinajstić information content (AvgIpc) is 3.67. The van der Waals surface area contributed by atoms with Crippen LogP contribution in [-0.4, -0.2) is 25.5 Å². The topological polar surface area (TPSA) is 89.2 Å². The maximum Gasteiger partial charge on any atom is 0.311 e. The van der Waals surface area contributed by atoms with Crippen molar-refractivity contribution >= 4 is 38.2 Å². The molecule has 3 atom stereocenters. The zero-order chi connectivity index (χ0) is 32.2. The third-order valence-corrected chi connectivity index (χ3v) is 12.6. The number of esters is 1. The van der Waals surface area contributed by atoms with Gasteiger partial charge in [-0.15, -0.1) is 11.3 Å². The van der Waals surface area contributed by atoms with Crippen LogP contribution in [-0.2, 0) is 19.6 Å². The molecular weight excluding hydrogens is 620 g/mol. The van der Waals surface area contributed by atoms with Gasteiger partial charge < -0.3 is 4.74 Å². The number of hydrogen-bond acceptors (Lipinski definition) is 6. The summed E-state index contributed by atoms with van der Waals surface area (Å²) >= 11 is 1.26. The van der Waals surface area contributed by atoms with E-state index in [2.05, 4.69) is 18.2 Å². The van der Waals surface area contributed by atoms with Gasteiger partial charge in [-0.1, -0.05) is 42.3 Å². The Bertz CT molecular complexity index is 2140. The number of halogens is 1. The zero-order valence-corrected chi connectivity index (χ0v) is 27.3. The molecule has 2 bridgehead atoms. The summed E-state index contributed by atoms with van der Waals surface area (Å²) in [6.45, 7) is 1.89. The first-order valence-electron chi connectivity index (χ1n) is 15.5. The lowest BCUT2D eigenvalue weighted by atomic mass is 9.57. The maximum atomic E-state index is 14.9. The fraction of sp³-hybridized carbons (Fsp3) is 0.297. The number of thiophene rings is 1. The van der Waals surface area contributed by atoms with Crippen molar-refractivity contribution < 1.29 is 22.3 Å². The first kappa shape index (κ1) is 30.4. The van der Waals surface area contributed by atoms with Gasteiger partial charge in [0.05, 0.1) is 28.6 Å². The largest absolute Gasteiger partial charge is 0.469 e. The second kappa shape index (κ2) is 11.5. The molecule has 0 aliphatic heterocycles. The number of methoxy groups -OCH3 is 1. The van der Waals surface area contributed by atoms with Crippen LogP contribution in [0.15, 0.2) is 83.1 Å². The summed E-state index contributed by atoms with van der Waals surface area (Å²) in [7, 11) is -2.71. The van der Waals surface area contributed by atoms with E-state index in [0.717, 1.165) is 49.7 Å². The molecule has 3 unspecified atom stereocenters. The van der Waals surface area contributed by atoms with E-state index in [1.165, 1.54) is 40.6 Å². The van der Waals surface area contributed by atoms with Gasteiger partial charge in [0.25, 0.3) is 10.0 Å². The minimum atomic E-state index is -4.17. The minimum absolute atomic E-state index is 0.114. The lowest BCUT2D eigenvalue weighted by molar-refractivity contribution is -0.159. The summed E-state index contributed by atoms with van der Waals surface area (Å²) in [6.07, 6.45) is 5.18. The van der Waals surface area contributed by atoms with Crippen LogP contribution >= 0.6 is 11.3 Å². The minimum Gasteiger partial charge on any atom is -0.469 e. The van der Waals surface area contributed by atoms with Crippen LogP contribution in [0.3, 0.4) is 0 Å². The molecule has 7 rings (SSSR count). The number of hydrogen-bond donors (Lipinski definition) is 0. The summed E-state index contributed by atoms with van der Waals surface area (Å²) in [5, 5.41) is 12.2. The molecule has 2 fully saturated rings. The smallest absolute Gasteiger partial charge is 0.311 e. The van der Waals surface area contributed by atoms with Gasteiger partial charge >= 0.3 is 5.97 Å². The van der Waals surface area contributed by atoms with Crippen molar-refractivity contribution in [2.45, 2.75) is 56.3 Å². The van der Waals surface area contributed by atoms with Gasteiger partial charge in [0.2, 0.25) is 0 Å². The molecule has 9 heteroatoms. The Hall–Kier alpha value is -4.26. The van der Waals surface area contributed by atoms with E-state index in [9.17, 15) is 22.9 Å². The quantitative estimate of drug-likeness (QED) is 0.171. The Morgan fingerprint density at radius 1 is 1.07 bits per heavy atom. The van der Waals surface area contributed by atoms with Gasteiger partial charge in [0.1, 0.15) is 16.8 Å². The Kier molecular flexibility index (Phi) is 7.61. The first-order valence-corrected chi connectivity index (χ1v) is 17.8. The summed E-state index contributed by atoms with van der Waals surface area (Å²) in [4.78, 5) is 13.4. The lowest BCUT2D eigenvalue weighted by Gasteiger charge is -2.47. The molecule has 2 aliphatic carbocycles. The monoisotopic (exact) mass is 652 g/mol. The molecule has 0 radical (unpaired) electrons. The normalized spacial score (nSPS) is 21.2. The number of aromatic nitrogens is 1. The van der Waals surface area contributed by atoms with Gasteiger partial charge in [-0.25, -0.2) is 16.8 Å². The van der Waals surface area contributed by atoms with Gasteiger partial charge in [-0.3, -0.25) is 4.79 Å². The molecule has 2 aliphatic rings. The fourth-order valence-electron chi connectivity index (χ4n) is 7.93. The molecule has 234 valence electrons. The third kappa shape index (κ3) is 4.86. The standard InChI is InChI=1S/C37H33FN2O4S2/c1-23-8-11-28(12-9-23)46(42,43)40-32-13-10-27(38)20-31(32)34(30-15-18-45-33(30)22-39)35(40)25-6-3-5-24(19-25)29-14-17-37(36(41)44-2)16-4-7-26(29)21-37/h3,5-6,8-13,15,18-20,26,29H,4,7,14,16-17,21H2,1-2H3. The fourth-order valence-corrected chi connectivity index (χ4v) is 10.2. The molecule has 3 aromatic carbocycles. The molecule has 5 aromatic rings. The summed E-state index contributed by atoms with van der Waals surface area (Å²) in [5.41, 5.74) is 4.03. The van der Waals surface area contributed by atoms with E-state index in [1.54, 1.807) is 35.7 Å². The van der Waals surface area contributed by atoms with Gasteiger partial charge in [-0.05, 0) is 104 Å². The molecule has 2 heterocycles. The van der Waals surface area contributed by atoms with Gasteiger partial charge in [0, 0.05) is 22.1 Å². The van der Waals surface area contributed by atoms with Crippen LogP contribution in [0.25, 0.3) is 33.3 Å². The van der Waals surface area contributed by atoms with Crippen molar-refractivity contribution in [3.05, 3.63) is 100.0 Å². The van der Waals surface area contributed by atoms with E-state index >= 15 is 0 Å². The molecule has 2 aromatic heterocycles. The van der Waals surface area contributed by atoms with E-state index < -0.39 is 21.3 Å². The number of ether oxygens (including phenoxy) is 1. The zero-order valence-electron chi connectivity index (χ0n) is 25.6. The number of benzene rings is 3. The van der Waals surface area contributed by atoms with Crippen molar-refractivity contribution in [2.24, 2.45) is 11.3 Å². The maximum absolute atomic E-state index is 14.9. The Balaban J connectivity index is 1.47. The molecule has 0 saturated heterocycles. The molecule has 0 amide bonds. The van der Waals surface area contributed by atoms with E-state index in [1.807, 2.05) is 19.1 Å². The van der Waals surface area contributed by atoms with Crippen LogP contribution in [0.4, 0.5) is 4.39 Å². The number of carbonyl (C=O) groups excluding carboxylic acids is 1.